The van der Waals surface area contributed by atoms with Gasteiger partial charge in [0, 0.05) is 10.6 Å². The van der Waals surface area contributed by atoms with Crippen LogP contribution in [0.1, 0.15) is 10.4 Å². The number of aromatic nitrogens is 1. The number of nitriles is 1. The number of halogens is 1. The fourth-order valence-corrected chi connectivity index (χ4v) is 3.09. The summed E-state index contributed by atoms with van der Waals surface area (Å²) < 4.78 is 0. The van der Waals surface area contributed by atoms with Crippen molar-refractivity contribution in [2.45, 2.75) is 6.92 Å². The molecule has 0 saturated heterocycles. The first-order chi connectivity index (χ1) is 11.2. The SMILES string of the molecule is Cc1cc(Cl)ccc1NNc1nc(-c2ccccc2)c(C#N)s1. The van der Waals surface area contributed by atoms with Crippen LogP contribution in [-0.2, 0) is 0 Å². The van der Waals surface area contributed by atoms with E-state index in [-0.39, 0.29) is 0 Å². The molecule has 6 heteroatoms. The third-order valence-corrected chi connectivity index (χ3v) is 4.38. The van der Waals surface area contributed by atoms with Crippen LogP contribution in [0.2, 0.25) is 5.02 Å². The van der Waals surface area contributed by atoms with Gasteiger partial charge in [0.1, 0.15) is 16.6 Å². The summed E-state index contributed by atoms with van der Waals surface area (Å²) in [6, 6.07) is 17.5. The second-order valence-corrected chi connectivity index (χ2v) is 6.32. The molecule has 0 aliphatic carbocycles. The summed E-state index contributed by atoms with van der Waals surface area (Å²) in [5, 5.41) is 10.6. The number of anilines is 2. The number of hydrogen-bond acceptors (Lipinski definition) is 5. The first kappa shape index (κ1) is 15.3. The second kappa shape index (κ2) is 6.69. The Kier molecular flexibility index (Phi) is 4.47. The molecular formula is C17H13ClN4S. The lowest BCUT2D eigenvalue weighted by molar-refractivity contribution is 1.31. The Bertz CT molecular complexity index is 868. The topological polar surface area (TPSA) is 60.7 Å². The fraction of sp³-hybridized carbons (Fsp3) is 0.0588. The van der Waals surface area contributed by atoms with Gasteiger partial charge in [0.25, 0.3) is 0 Å². The summed E-state index contributed by atoms with van der Waals surface area (Å²) in [4.78, 5) is 5.09. The Hall–Kier alpha value is -2.55. The Balaban J connectivity index is 1.82. The smallest absolute Gasteiger partial charge is 0.203 e. The maximum absolute atomic E-state index is 9.31. The monoisotopic (exact) mass is 340 g/mol. The maximum atomic E-state index is 9.31. The van der Waals surface area contributed by atoms with Crippen molar-refractivity contribution in [3.63, 3.8) is 0 Å². The molecule has 4 nitrogen and oxygen atoms in total. The van der Waals surface area contributed by atoms with Crippen LogP contribution < -0.4 is 10.9 Å². The Labute approximate surface area is 143 Å². The van der Waals surface area contributed by atoms with Crippen molar-refractivity contribution in [1.82, 2.24) is 4.98 Å². The van der Waals surface area contributed by atoms with Crippen molar-refractivity contribution in [2.24, 2.45) is 0 Å². The number of aryl methyl sites for hydroxylation is 1. The number of thiazole rings is 1. The van der Waals surface area contributed by atoms with Gasteiger partial charge in [-0.2, -0.15) is 5.26 Å². The van der Waals surface area contributed by atoms with Gasteiger partial charge in [-0.05, 0) is 30.7 Å². The highest BCUT2D eigenvalue weighted by Crippen LogP contribution is 2.30. The summed E-state index contributed by atoms with van der Waals surface area (Å²) in [5.41, 5.74) is 9.69. The van der Waals surface area contributed by atoms with E-state index in [4.69, 9.17) is 11.6 Å². The highest BCUT2D eigenvalue weighted by Gasteiger charge is 2.12. The number of hydrazine groups is 1. The van der Waals surface area contributed by atoms with E-state index in [0.717, 1.165) is 16.8 Å². The lowest BCUT2D eigenvalue weighted by Crippen LogP contribution is -2.09. The lowest BCUT2D eigenvalue weighted by Gasteiger charge is -2.09. The van der Waals surface area contributed by atoms with Gasteiger partial charge in [-0.3, -0.25) is 10.9 Å². The first-order valence-corrected chi connectivity index (χ1v) is 8.11. The molecule has 0 spiro atoms. The molecule has 0 fully saturated rings. The average Bonchev–Trinajstić information content (AvgIpc) is 2.98. The van der Waals surface area contributed by atoms with Crippen LogP contribution in [0.3, 0.4) is 0 Å². The number of nitrogens with one attached hydrogen (secondary N) is 2. The van der Waals surface area contributed by atoms with Gasteiger partial charge in [0.15, 0.2) is 0 Å². The van der Waals surface area contributed by atoms with E-state index in [1.807, 2.05) is 55.5 Å². The second-order valence-electron chi connectivity index (χ2n) is 4.88. The minimum absolute atomic E-state index is 0.577. The molecule has 0 aliphatic rings. The van der Waals surface area contributed by atoms with Crippen LogP contribution in [-0.4, -0.2) is 4.98 Å². The zero-order valence-corrected chi connectivity index (χ0v) is 13.9. The molecule has 0 saturated carbocycles. The van der Waals surface area contributed by atoms with Gasteiger partial charge in [-0.25, -0.2) is 4.98 Å². The van der Waals surface area contributed by atoms with Crippen LogP contribution >= 0.6 is 22.9 Å². The Morgan fingerprint density at radius 1 is 1.13 bits per heavy atom. The molecule has 1 aromatic heterocycles. The molecule has 1 heterocycles. The van der Waals surface area contributed by atoms with Gasteiger partial charge >= 0.3 is 0 Å². The van der Waals surface area contributed by atoms with Crippen molar-refractivity contribution in [1.29, 1.82) is 5.26 Å². The molecule has 2 aromatic carbocycles. The highest BCUT2D eigenvalue weighted by atomic mass is 35.5. The molecule has 0 radical (unpaired) electrons. The molecule has 0 amide bonds. The van der Waals surface area contributed by atoms with E-state index in [1.54, 1.807) is 0 Å². The molecule has 3 aromatic rings. The highest BCUT2D eigenvalue weighted by molar-refractivity contribution is 7.16. The molecule has 3 rings (SSSR count). The van der Waals surface area contributed by atoms with E-state index < -0.39 is 0 Å². The van der Waals surface area contributed by atoms with Crippen molar-refractivity contribution < 1.29 is 0 Å². The van der Waals surface area contributed by atoms with Crippen molar-refractivity contribution >= 4 is 33.8 Å². The maximum Gasteiger partial charge on any atom is 0.203 e. The van der Waals surface area contributed by atoms with Crippen LogP contribution in [0.5, 0.6) is 0 Å². The van der Waals surface area contributed by atoms with Crippen molar-refractivity contribution in [3.8, 4) is 17.3 Å². The zero-order chi connectivity index (χ0) is 16.2. The first-order valence-electron chi connectivity index (χ1n) is 6.92. The molecule has 0 unspecified atom stereocenters. The standard InChI is InChI=1S/C17H13ClN4S/c1-11-9-13(18)7-8-14(11)21-22-17-20-16(15(10-19)23-17)12-5-3-2-4-6-12/h2-9,21H,1H3,(H,20,22). The predicted molar refractivity (Wildman–Crippen MR) is 95.7 cm³/mol. The molecule has 23 heavy (non-hydrogen) atoms. The molecule has 0 atom stereocenters. The molecule has 0 aliphatic heterocycles. The van der Waals surface area contributed by atoms with Crippen LogP contribution in [0.25, 0.3) is 11.3 Å². The summed E-state index contributed by atoms with van der Waals surface area (Å²) in [7, 11) is 0. The largest absolute Gasteiger partial charge is 0.299 e. The molecule has 114 valence electrons. The normalized spacial score (nSPS) is 10.1. The van der Waals surface area contributed by atoms with Gasteiger partial charge in [0.2, 0.25) is 5.13 Å². The predicted octanol–water partition coefficient (Wildman–Crippen LogP) is 5.08. The van der Waals surface area contributed by atoms with Gasteiger partial charge in [-0.15, -0.1) is 0 Å². The van der Waals surface area contributed by atoms with Crippen LogP contribution in [0.4, 0.5) is 10.8 Å². The summed E-state index contributed by atoms with van der Waals surface area (Å²) in [5.74, 6) is 0. The Morgan fingerprint density at radius 3 is 2.61 bits per heavy atom. The van der Waals surface area contributed by atoms with Crippen molar-refractivity contribution in [3.05, 3.63) is 64.0 Å². The summed E-state index contributed by atoms with van der Waals surface area (Å²) in [6.07, 6.45) is 0. The Morgan fingerprint density at radius 2 is 1.91 bits per heavy atom. The molecule has 0 bridgehead atoms. The van der Waals surface area contributed by atoms with Gasteiger partial charge in [-0.1, -0.05) is 53.3 Å². The number of rotatable bonds is 4. The van der Waals surface area contributed by atoms with Crippen LogP contribution in [0, 0.1) is 18.3 Å². The van der Waals surface area contributed by atoms with E-state index in [2.05, 4.69) is 21.9 Å². The fourth-order valence-electron chi connectivity index (χ4n) is 2.13. The van der Waals surface area contributed by atoms with E-state index >= 15 is 0 Å². The minimum Gasteiger partial charge on any atom is -0.299 e. The third-order valence-electron chi connectivity index (χ3n) is 3.27. The lowest BCUT2D eigenvalue weighted by atomic mass is 10.1. The van der Waals surface area contributed by atoms with Crippen LogP contribution in [0.15, 0.2) is 48.5 Å². The van der Waals surface area contributed by atoms with E-state index in [1.165, 1.54) is 11.3 Å². The average molecular weight is 341 g/mol. The number of benzene rings is 2. The third kappa shape index (κ3) is 3.45. The minimum atomic E-state index is 0.577. The molecular weight excluding hydrogens is 328 g/mol. The summed E-state index contributed by atoms with van der Waals surface area (Å²) in [6.45, 7) is 1.97. The molecule has 2 N–H and O–H groups in total. The van der Waals surface area contributed by atoms with Gasteiger partial charge < -0.3 is 0 Å². The van der Waals surface area contributed by atoms with E-state index in [9.17, 15) is 5.26 Å². The summed E-state index contributed by atoms with van der Waals surface area (Å²) >= 11 is 7.26. The van der Waals surface area contributed by atoms with Crippen molar-refractivity contribution in [2.75, 3.05) is 10.9 Å². The quantitative estimate of drug-likeness (QED) is 0.650. The van der Waals surface area contributed by atoms with E-state index in [0.29, 0.717) is 20.7 Å². The number of hydrogen-bond donors (Lipinski definition) is 2. The zero-order valence-electron chi connectivity index (χ0n) is 12.3. The number of nitrogens with zero attached hydrogens (tertiary/aromatic N) is 2. The van der Waals surface area contributed by atoms with Gasteiger partial charge in [0.05, 0.1) is 5.69 Å².